The smallest absolute Gasteiger partial charge is 0.339 e. The fraction of sp³-hybridized carbons (Fsp3) is 0.150. The summed E-state index contributed by atoms with van der Waals surface area (Å²) in [4.78, 5) is 11.6. The van der Waals surface area contributed by atoms with Gasteiger partial charge in [-0.15, -0.1) is 0 Å². The molecule has 4 rings (SSSR count). The van der Waals surface area contributed by atoms with Gasteiger partial charge in [0.05, 0.1) is 0 Å². The van der Waals surface area contributed by atoms with Crippen molar-refractivity contribution in [3.63, 3.8) is 0 Å². The van der Waals surface area contributed by atoms with E-state index in [0.29, 0.717) is 24.1 Å². The minimum absolute atomic E-state index is 0.123. The lowest BCUT2D eigenvalue weighted by Crippen LogP contribution is -2.38. The molecule has 0 radical (unpaired) electrons. The van der Waals surface area contributed by atoms with Crippen LogP contribution in [0.15, 0.2) is 59.5 Å². The fourth-order valence-electron chi connectivity index (χ4n) is 3.52. The summed E-state index contributed by atoms with van der Waals surface area (Å²) in [5, 5.41) is 3.44. The molecule has 3 aromatic rings. The number of nitrogens with two attached hydrogens (primary N) is 1. The van der Waals surface area contributed by atoms with E-state index in [2.05, 4.69) is 5.32 Å². The molecule has 1 heterocycles. The lowest BCUT2D eigenvalue weighted by atomic mass is 9.93. The highest BCUT2D eigenvalue weighted by molar-refractivity contribution is 7.87. The van der Waals surface area contributed by atoms with Crippen LogP contribution < -0.4 is 15.2 Å². The van der Waals surface area contributed by atoms with E-state index in [1.54, 1.807) is 24.3 Å². The van der Waals surface area contributed by atoms with Gasteiger partial charge in [-0.05, 0) is 30.2 Å². The average molecular weight is 400 g/mol. The van der Waals surface area contributed by atoms with E-state index in [1.165, 1.54) is 24.3 Å². The lowest BCUT2D eigenvalue weighted by molar-refractivity contribution is -0.120. The highest BCUT2D eigenvalue weighted by Crippen LogP contribution is 2.33. The van der Waals surface area contributed by atoms with Crippen LogP contribution in [0.1, 0.15) is 17.2 Å². The molecule has 1 unspecified atom stereocenters. The minimum atomic E-state index is -4.23. The first kappa shape index (κ1) is 18.4. The highest BCUT2D eigenvalue weighted by Gasteiger charge is 2.29. The van der Waals surface area contributed by atoms with Crippen molar-refractivity contribution in [1.82, 2.24) is 5.32 Å². The van der Waals surface area contributed by atoms with Crippen molar-refractivity contribution in [2.24, 2.45) is 5.73 Å². The number of nitrogens with one attached hydrogen (secondary N) is 1. The molecule has 1 amide bonds. The van der Waals surface area contributed by atoms with Gasteiger partial charge in [-0.2, -0.15) is 8.42 Å². The SMILES string of the molecule is NC(=O)C1NCCc2c(OS(=O)(=O)c3ccc(F)c4ccccc34)cccc21. The molecule has 1 aliphatic rings. The van der Waals surface area contributed by atoms with Gasteiger partial charge < -0.3 is 15.2 Å². The Balaban J connectivity index is 1.80. The molecule has 3 N–H and O–H groups in total. The molecule has 3 aromatic carbocycles. The van der Waals surface area contributed by atoms with E-state index in [9.17, 15) is 17.6 Å². The molecule has 0 saturated carbocycles. The van der Waals surface area contributed by atoms with E-state index in [0.717, 1.165) is 6.07 Å². The van der Waals surface area contributed by atoms with Crippen LogP contribution in [0.4, 0.5) is 4.39 Å². The molecule has 144 valence electrons. The van der Waals surface area contributed by atoms with Crippen LogP contribution in [0.3, 0.4) is 0 Å². The molecule has 1 aliphatic heterocycles. The van der Waals surface area contributed by atoms with Crippen LogP contribution in [-0.4, -0.2) is 20.9 Å². The zero-order chi connectivity index (χ0) is 19.9. The first-order chi connectivity index (χ1) is 13.4. The van der Waals surface area contributed by atoms with E-state index >= 15 is 0 Å². The molecule has 28 heavy (non-hydrogen) atoms. The molecule has 0 fully saturated rings. The maximum atomic E-state index is 14.0. The number of benzene rings is 3. The summed E-state index contributed by atoms with van der Waals surface area (Å²) in [6.45, 7) is 0.459. The van der Waals surface area contributed by atoms with Gasteiger partial charge in [0.1, 0.15) is 22.5 Å². The predicted molar refractivity (Wildman–Crippen MR) is 102 cm³/mol. The lowest BCUT2D eigenvalue weighted by Gasteiger charge is -2.26. The number of amides is 1. The van der Waals surface area contributed by atoms with Crippen molar-refractivity contribution in [2.45, 2.75) is 17.4 Å². The third-order valence-electron chi connectivity index (χ3n) is 4.79. The summed E-state index contributed by atoms with van der Waals surface area (Å²) < 4.78 is 45.4. The van der Waals surface area contributed by atoms with Crippen LogP contribution >= 0.6 is 0 Å². The fourth-order valence-corrected chi connectivity index (χ4v) is 4.68. The van der Waals surface area contributed by atoms with Crippen LogP contribution in [0.25, 0.3) is 10.8 Å². The summed E-state index contributed by atoms with van der Waals surface area (Å²) >= 11 is 0. The molecule has 0 spiro atoms. The van der Waals surface area contributed by atoms with Crippen LogP contribution in [0.5, 0.6) is 5.75 Å². The molecular weight excluding hydrogens is 383 g/mol. The Kier molecular flexibility index (Phi) is 4.52. The molecule has 0 aromatic heterocycles. The van der Waals surface area contributed by atoms with Gasteiger partial charge in [0.2, 0.25) is 5.91 Å². The Labute approximate surface area is 161 Å². The van der Waals surface area contributed by atoms with Crippen LogP contribution in [0, 0.1) is 5.82 Å². The Morgan fingerprint density at radius 2 is 1.82 bits per heavy atom. The van der Waals surface area contributed by atoms with Gasteiger partial charge in [-0.25, -0.2) is 4.39 Å². The van der Waals surface area contributed by atoms with Gasteiger partial charge in [0, 0.05) is 22.9 Å². The number of hydrogen-bond acceptors (Lipinski definition) is 5. The topological polar surface area (TPSA) is 98.5 Å². The third-order valence-corrected chi connectivity index (χ3v) is 6.08. The first-order valence-electron chi connectivity index (χ1n) is 8.65. The third kappa shape index (κ3) is 3.10. The van der Waals surface area contributed by atoms with E-state index in [-0.39, 0.29) is 21.4 Å². The van der Waals surface area contributed by atoms with Crippen molar-refractivity contribution in [3.8, 4) is 5.75 Å². The summed E-state index contributed by atoms with van der Waals surface area (Å²) in [6.07, 6.45) is 0.481. The Hall–Kier alpha value is -2.97. The van der Waals surface area contributed by atoms with Crippen molar-refractivity contribution in [3.05, 3.63) is 71.5 Å². The van der Waals surface area contributed by atoms with Gasteiger partial charge in [-0.1, -0.05) is 36.4 Å². The second-order valence-electron chi connectivity index (χ2n) is 6.49. The monoisotopic (exact) mass is 400 g/mol. The normalized spacial score (nSPS) is 16.5. The number of fused-ring (bicyclic) bond motifs is 2. The zero-order valence-corrected chi connectivity index (χ0v) is 15.5. The Morgan fingerprint density at radius 3 is 2.57 bits per heavy atom. The highest BCUT2D eigenvalue weighted by atomic mass is 32.2. The Morgan fingerprint density at radius 1 is 1.07 bits per heavy atom. The van der Waals surface area contributed by atoms with Crippen LogP contribution in [-0.2, 0) is 21.3 Å². The summed E-state index contributed by atoms with van der Waals surface area (Å²) in [7, 11) is -4.23. The maximum Gasteiger partial charge on any atom is 0.339 e. The van der Waals surface area contributed by atoms with Crippen molar-refractivity contribution < 1.29 is 21.8 Å². The van der Waals surface area contributed by atoms with Gasteiger partial charge in [0.25, 0.3) is 0 Å². The second-order valence-corrected chi connectivity index (χ2v) is 8.01. The van der Waals surface area contributed by atoms with E-state index in [1.807, 2.05) is 0 Å². The second kappa shape index (κ2) is 6.88. The summed E-state index contributed by atoms with van der Waals surface area (Å²) in [6, 6.07) is 12.7. The van der Waals surface area contributed by atoms with Gasteiger partial charge in [0.15, 0.2) is 0 Å². The minimum Gasteiger partial charge on any atom is -0.379 e. The van der Waals surface area contributed by atoms with E-state index in [4.69, 9.17) is 9.92 Å². The average Bonchev–Trinajstić information content (AvgIpc) is 2.67. The zero-order valence-electron chi connectivity index (χ0n) is 14.7. The van der Waals surface area contributed by atoms with Crippen molar-refractivity contribution in [2.75, 3.05) is 6.54 Å². The Bertz CT molecular complexity index is 1190. The maximum absolute atomic E-state index is 14.0. The molecule has 6 nitrogen and oxygen atoms in total. The number of halogens is 1. The standard InChI is InChI=1S/C20H17FN2O4S/c21-16-8-9-18(14-5-2-1-4-12(14)16)28(25,26)27-17-7-3-6-15-13(17)10-11-23-19(15)20(22)24/h1-9,19,23H,10-11H2,(H2,22,24). The number of primary amides is 1. The number of carbonyl (C=O) groups excluding carboxylic acids is 1. The molecule has 1 atom stereocenters. The molecule has 0 saturated heterocycles. The molecular formula is C20H17FN2O4S. The summed E-state index contributed by atoms with van der Waals surface area (Å²) in [5.74, 6) is -0.925. The number of hydrogen-bond donors (Lipinski definition) is 2. The van der Waals surface area contributed by atoms with Crippen LogP contribution in [0.2, 0.25) is 0 Å². The molecule has 0 aliphatic carbocycles. The largest absolute Gasteiger partial charge is 0.379 e. The molecule has 8 heteroatoms. The van der Waals surface area contributed by atoms with Gasteiger partial charge >= 0.3 is 10.1 Å². The summed E-state index contributed by atoms with van der Waals surface area (Å²) in [5.41, 5.74) is 6.63. The number of carbonyl (C=O) groups is 1. The van der Waals surface area contributed by atoms with Crippen molar-refractivity contribution >= 4 is 26.8 Å². The van der Waals surface area contributed by atoms with E-state index < -0.39 is 27.9 Å². The van der Waals surface area contributed by atoms with Crippen molar-refractivity contribution in [1.29, 1.82) is 0 Å². The number of rotatable bonds is 4. The molecule has 0 bridgehead atoms. The quantitative estimate of drug-likeness (QED) is 0.656. The first-order valence-corrected chi connectivity index (χ1v) is 10.1. The van der Waals surface area contributed by atoms with Gasteiger partial charge in [-0.3, -0.25) is 4.79 Å². The predicted octanol–water partition coefficient (Wildman–Crippen LogP) is 2.42.